The first kappa shape index (κ1) is 27.3. The van der Waals surface area contributed by atoms with Gasteiger partial charge < -0.3 is 4.74 Å². The molecule has 0 aromatic rings. The van der Waals surface area contributed by atoms with Crippen LogP contribution in [0.5, 0.6) is 0 Å². The fourth-order valence-corrected chi connectivity index (χ4v) is 10.1. The Hall–Kier alpha value is -0.790. The Bertz CT molecular complexity index is 838. The van der Waals surface area contributed by atoms with Gasteiger partial charge in [0.1, 0.15) is 6.10 Å². The number of allylic oxidation sites excluding steroid dienone is 2. The Morgan fingerprint density at radius 1 is 0.943 bits per heavy atom. The van der Waals surface area contributed by atoms with Gasteiger partial charge in [0.05, 0.1) is 0 Å². The van der Waals surface area contributed by atoms with Crippen LogP contribution in [0.4, 0.5) is 0 Å². The van der Waals surface area contributed by atoms with Crippen LogP contribution < -0.4 is 0 Å². The van der Waals surface area contributed by atoms with Crippen molar-refractivity contribution in [1.29, 1.82) is 0 Å². The highest BCUT2D eigenvalue weighted by Gasteiger charge is 2.65. The summed E-state index contributed by atoms with van der Waals surface area (Å²) >= 11 is 0. The Morgan fingerprint density at radius 3 is 2.26 bits per heavy atom. The second kappa shape index (κ2) is 9.20. The number of esters is 1. The molecule has 0 heterocycles. The lowest BCUT2D eigenvalue weighted by Gasteiger charge is -2.64. The minimum Gasteiger partial charge on any atom is -0.462 e. The van der Waals surface area contributed by atoms with Gasteiger partial charge in [0.15, 0.2) is 0 Å². The molecule has 0 amide bonds. The second-order valence-electron chi connectivity index (χ2n) is 15.2. The minimum absolute atomic E-state index is 0.0337. The van der Waals surface area contributed by atoms with Crippen LogP contribution in [0.15, 0.2) is 11.6 Å². The summed E-state index contributed by atoms with van der Waals surface area (Å²) in [4.78, 5) is 11.8. The second-order valence-corrected chi connectivity index (χ2v) is 15.2. The van der Waals surface area contributed by atoms with E-state index in [0.29, 0.717) is 16.7 Å². The van der Waals surface area contributed by atoms with Gasteiger partial charge in [-0.15, -0.1) is 0 Å². The predicted octanol–water partition coefficient (Wildman–Crippen LogP) is 9.23. The third kappa shape index (κ3) is 4.16. The molecule has 2 heteroatoms. The first-order chi connectivity index (χ1) is 16.2. The van der Waals surface area contributed by atoms with Gasteiger partial charge in [0, 0.05) is 12.3 Å². The van der Waals surface area contributed by atoms with E-state index in [1.165, 1.54) is 51.4 Å². The fraction of sp³-hybridized carbons (Fsp3) is 0.909. The lowest BCUT2D eigenvalue weighted by atomic mass is 9.41. The molecule has 0 N–H and O–H groups in total. The Labute approximate surface area is 217 Å². The number of fused-ring (bicyclic) bond motifs is 5. The normalized spacial score (nSPS) is 44.0. The summed E-state index contributed by atoms with van der Waals surface area (Å²) in [5.41, 5.74) is 2.93. The van der Waals surface area contributed by atoms with E-state index < -0.39 is 0 Å². The molecule has 6 unspecified atom stereocenters. The number of hydrogen-bond donors (Lipinski definition) is 0. The molecule has 200 valence electrons. The van der Waals surface area contributed by atoms with Gasteiger partial charge in [-0.25, -0.2) is 0 Å². The highest BCUT2D eigenvalue weighted by molar-refractivity contribution is 5.66. The lowest BCUT2D eigenvalue weighted by Crippen LogP contribution is -2.58. The molecule has 35 heavy (non-hydrogen) atoms. The first-order valence-electron chi connectivity index (χ1n) is 15.1. The summed E-state index contributed by atoms with van der Waals surface area (Å²) in [7, 11) is 0. The number of hydrogen-bond acceptors (Lipinski definition) is 2. The smallest absolute Gasteiger partial charge is 0.302 e. The summed E-state index contributed by atoms with van der Waals surface area (Å²) in [5, 5.41) is 0. The number of rotatable bonds is 6. The van der Waals surface area contributed by atoms with E-state index in [-0.39, 0.29) is 22.9 Å². The number of carbonyl (C=O) groups excluding carboxylic acids is 1. The van der Waals surface area contributed by atoms with Crippen molar-refractivity contribution in [2.45, 2.75) is 133 Å². The quantitative estimate of drug-likeness (QED) is 0.277. The summed E-state index contributed by atoms with van der Waals surface area (Å²) in [5.74, 6) is 4.51. The van der Waals surface area contributed by atoms with Gasteiger partial charge in [0.25, 0.3) is 0 Å². The molecule has 3 saturated carbocycles. The number of carbonyl (C=O) groups is 1. The average Bonchev–Trinajstić information content (AvgIpc) is 3.05. The van der Waals surface area contributed by atoms with Crippen LogP contribution in [0, 0.1) is 57.2 Å². The molecule has 4 rings (SSSR count). The maximum Gasteiger partial charge on any atom is 0.302 e. The van der Waals surface area contributed by atoms with Gasteiger partial charge >= 0.3 is 5.97 Å². The molecule has 4 aliphatic rings. The van der Waals surface area contributed by atoms with Gasteiger partial charge in [-0.05, 0) is 96.7 Å². The van der Waals surface area contributed by atoms with Crippen molar-refractivity contribution in [2.75, 3.05) is 0 Å². The maximum atomic E-state index is 11.8. The predicted molar refractivity (Wildman–Crippen MR) is 147 cm³/mol. The third-order valence-electron chi connectivity index (χ3n) is 13.0. The van der Waals surface area contributed by atoms with Crippen molar-refractivity contribution >= 4 is 5.97 Å². The average molecular weight is 485 g/mol. The largest absolute Gasteiger partial charge is 0.462 e. The van der Waals surface area contributed by atoms with E-state index in [9.17, 15) is 4.79 Å². The van der Waals surface area contributed by atoms with E-state index in [4.69, 9.17) is 4.74 Å². The molecule has 0 radical (unpaired) electrons. The van der Waals surface area contributed by atoms with Crippen LogP contribution in [0.3, 0.4) is 0 Å². The van der Waals surface area contributed by atoms with Crippen molar-refractivity contribution in [2.24, 2.45) is 57.2 Å². The summed E-state index contributed by atoms with van der Waals surface area (Å²) < 4.78 is 5.88. The molecule has 4 aliphatic carbocycles. The zero-order valence-corrected chi connectivity index (χ0v) is 24.8. The van der Waals surface area contributed by atoms with E-state index in [2.05, 4.69) is 68.4 Å². The highest BCUT2D eigenvalue weighted by atomic mass is 16.5. The highest BCUT2D eigenvalue weighted by Crippen LogP contribution is 2.73. The van der Waals surface area contributed by atoms with Crippen LogP contribution in [0.25, 0.3) is 0 Å². The van der Waals surface area contributed by atoms with Gasteiger partial charge in [-0.2, -0.15) is 0 Å². The molecule has 0 aliphatic heterocycles. The number of ether oxygens (including phenoxy) is 1. The van der Waals surface area contributed by atoms with Gasteiger partial charge in [-0.1, -0.05) is 86.8 Å². The first-order valence-corrected chi connectivity index (χ1v) is 15.1. The summed E-state index contributed by atoms with van der Waals surface area (Å²) in [6.07, 6.45) is 14.4. The topological polar surface area (TPSA) is 26.3 Å². The lowest BCUT2D eigenvalue weighted by molar-refractivity contribution is -0.170. The van der Waals surface area contributed by atoms with E-state index in [1.807, 2.05) is 0 Å². The summed E-state index contributed by atoms with van der Waals surface area (Å²) in [6, 6.07) is 0. The van der Waals surface area contributed by atoms with E-state index in [0.717, 1.165) is 36.0 Å². The molecule has 2 nitrogen and oxygen atoms in total. The van der Waals surface area contributed by atoms with Crippen molar-refractivity contribution < 1.29 is 9.53 Å². The van der Waals surface area contributed by atoms with Gasteiger partial charge in [-0.3, -0.25) is 4.79 Å². The van der Waals surface area contributed by atoms with E-state index >= 15 is 0 Å². The Balaban J connectivity index is 1.59. The molecule has 0 aromatic heterocycles. The van der Waals surface area contributed by atoms with E-state index in [1.54, 1.807) is 12.5 Å². The molecular weight excluding hydrogens is 428 g/mol. The van der Waals surface area contributed by atoms with Crippen molar-refractivity contribution in [3.8, 4) is 0 Å². The van der Waals surface area contributed by atoms with Crippen LogP contribution in [0.2, 0.25) is 0 Å². The third-order valence-corrected chi connectivity index (χ3v) is 13.0. The maximum absolute atomic E-state index is 11.8. The van der Waals surface area contributed by atoms with Crippen LogP contribution >= 0.6 is 0 Å². The van der Waals surface area contributed by atoms with Crippen molar-refractivity contribution in [3.63, 3.8) is 0 Å². The molecule has 0 bridgehead atoms. The van der Waals surface area contributed by atoms with Crippen molar-refractivity contribution in [1.82, 2.24) is 0 Å². The molecule has 0 aromatic carbocycles. The zero-order valence-electron chi connectivity index (χ0n) is 24.8. The Kier molecular flexibility index (Phi) is 7.16. The molecule has 0 spiro atoms. The van der Waals surface area contributed by atoms with Crippen LogP contribution in [0.1, 0.15) is 127 Å². The van der Waals surface area contributed by atoms with Crippen LogP contribution in [-0.2, 0) is 9.53 Å². The fourth-order valence-electron chi connectivity index (χ4n) is 10.1. The Morgan fingerprint density at radius 2 is 1.63 bits per heavy atom. The van der Waals surface area contributed by atoms with Gasteiger partial charge in [0.2, 0.25) is 0 Å². The minimum atomic E-state index is -0.116. The SMILES string of the molecule is CC(=O)OC1CCC2(C)C3=CCC4(C)[C@H](C(C)CCC(C)C(C)C)CC[C@@]4(C)C3CC[C@H]2C1(C)C. The molecule has 0 saturated heterocycles. The molecule has 9 atom stereocenters. The van der Waals surface area contributed by atoms with Crippen LogP contribution in [-0.4, -0.2) is 12.1 Å². The standard InChI is InChI=1S/C33H56O2/c1-21(2)22(3)11-12-23(4)25-15-19-33(10)27-13-14-28-30(6,7)29(35-24(5)34)17-18-31(28,8)26(27)16-20-32(25,33)9/h16,21-23,25,27-29H,11-15,17-20H2,1-10H3/t22?,23?,25-,27?,28-,29?,31?,32?,33-/m0/s1. The van der Waals surface area contributed by atoms with Crippen molar-refractivity contribution in [3.05, 3.63) is 11.6 Å². The molecule has 3 fully saturated rings. The monoisotopic (exact) mass is 484 g/mol. The molecular formula is C33H56O2. The zero-order chi connectivity index (χ0) is 26.0. The summed E-state index contributed by atoms with van der Waals surface area (Å²) in [6.45, 7) is 24.1.